The molecule has 18 heavy (non-hydrogen) atoms. The number of carbonyl (C=O) groups is 1. The van der Waals surface area contributed by atoms with Crippen LogP contribution >= 0.6 is 0 Å². The fraction of sp³-hybridized carbons (Fsp3) is 0.643. The van der Waals surface area contributed by atoms with Crippen LogP contribution in [0.25, 0.3) is 0 Å². The van der Waals surface area contributed by atoms with Gasteiger partial charge in [-0.15, -0.1) is 0 Å². The summed E-state index contributed by atoms with van der Waals surface area (Å²) in [6, 6.07) is 4.19. The van der Waals surface area contributed by atoms with Crippen LogP contribution in [0.5, 0.6) is 0 Å². The molecule has 2 heterocycles. The minimum Gasteiger partial charge on any atom is -0.467 e. The van der Waals surface area contributed by atoms with Gasteiger partial charge in [-0.1, -0.05) is 6.42 Å². The molecule has 2 N–H and O–H groups in total. The molecule has 1 aromatic rings. The molecule has 0 aromatic carbocycles. The van der Waals surface area contributed by atoms with Crippen molar-refractivity contribution >= 4 is 5.91 Å². The second-order valence-electron chi connectivity index (χ2n) is 4.99. The van der Waals surface area contributed by atoms with Crippen molar-refractivity contribution in [3.8, 4) is 0 Å². The van der Waals surface area contributed by atoms with Crippen LogP contribution < -0.4 is 10.6 Å². The van der Waals surface area contributed by atoms with Gasteiger partial charge in [-0.05, 0) is 44.9 Å². The summed E-state index contributed by atoms with van der Waals surface area (Å²) in [5, 5.41) is 6.42. The zero-order valence-corrected chi connectivity index (χ0v) is 10.9. The molecule has 0 radical (unpaired) electrons. The van der Waals surface area contributed by atoms with Crippen LogP contribution in [0.15, 0.2) is 22.8 Å². The maximum Gasteiger partial charge on any atom is 0.220 e. The average Bonchev–Trinajstić information content (AvgIpc) is 2.91. The van der Waals surface area contributed by atoms with Gasteiger partial charge in [0.25, 0.3) is 0 Å². The largest absolute Gasteiger partial charge is 0.467 e. The van der Waals surface area contributed by atoms with Crippen molar-refractivity contribution in [2.75, 3.05) is 6.54 Å². The highest BCUT2D eigenvalue weighted by molar-refractivity contribution is 5.76. The highest BCUT2D eigenvalue weighted by Gasteiger charge is 2.16. The Balaban J connectivity index is 1.68. The summed E-state index contributed by atoms with van der Waals surface area (Å²) < 4.78 is 5.26. The molecule has 1 unspecified atom stereocenters. The van der Waals surface area contributed by atoms with E-state index in [1.807, 2.05) is 19.1 Å². The fourth-order valence-corrected chi connectivity index (χ4v) is 2.40. The van der Waals surface area contributed by atoms with E-state index in [9.17, 15) is 4.79 Å². The van der Waals surface area contributed by atoms with Gasteiger partial charge in [-0.2, -0.15) is 0 Å². The normalized spacial score (nSPS) is 21.5. The molecule has 1 saturated heterocycles. The van der Waals surface area contributed by atoms with E-state index in [1.54, 1.807) is 6.26 Å². The Morgan fingerprint density at radius 2 is 2.50 bits per heavy atom. The minimum atomic E-state index is -0.0492. The number of nitrogens with one attached hydrogen (secondary N) is 2. The number of amides is 1. The standard InChI is InChI=1S/C14H22N2O2/c1-11(13-6-4-10-18-13)16-14(17)8-7-12-5-2-3-9-15-12/h4,6,10-12,15H,2-3,5,7-9H2,1H3,(H,16,17)/t11-,12?/m1/s1. The SMILES string of the molecule is C[C@@H](NC(=O)CCC1CCCCN1)c1ccco1. The molecule has 0 aliphatic carbocycles. The zero-order chi connectivity index (χ0) is 12.8. The molecule has 1 aromatic heterocycles. The third-order valence-corrected chi connectivity index (χ3v) is 3.48. The summed E-state index contributed by atoms with van der Waals surface area (Å²) >= 11 is 0. The number of rotatable bonds is 5. The second-order valence-corrected chi connectivity index (χ2v) is 4.99. The number of carbonyl (C=O) groups excluding carboxylic acids is 1. The first kappa shape index (κ1) is 13.1. The Kier molecular flexibility index (Phi) is 4.81. The maximum atomic E-state index is 11.8. The molecule has 2 atom stereocenters. The Hall–Kier alpha value is -1.29. The van der Waals surface area contributed by atoms with E-state index in [2.05, 4.69) is 10.6 Å². The van der Waals surface area contributed by atoms with Crippen molar-refractivity contribution in [3.63, 3.8) is 0 Å². The van der Waals surface area contributed by atoms with Crippen molar-refractivity contribution in [1.29, 1.82) is 0 Å². The fourth-order valence-electron chi connectivity index (χ4n) is 2.40. The number of furan rings is 1. The van der Waals surface area contributed by atoms with Crippen molar-refractivity contribution in [2.45, 2.75) is 51.1 Å². The number of piperidine rings is 1. The van der Waals surface area contributed by atoms with Crippen LogP contribution in [0.2, 0.25) is 0 Å². The first-order valence-electron chi connectivity index (χ1n) is 6.82. The van der Waals surface area contributed by atoms with Crippen LogP contribution in [-0.2, 0) is 4.79 Å². The lowest BCUT2D eigenvalue weighted by molar-refractivity contribution is -0.122. The number of hydrogen-bond acceptors (Lipinski definition) is 3. The van der Waals surface area contributed by atoms with Gasteiger partial charge in [0, 0.05) is 12.5 Å². The summed E-state index contributed by atoms with van der Waals surface area (Å²) in [4.78, 5) is 11.8. The molecular formula is C14H22N2O2. The van der Waals surface area contributed by atoms with E-state index in [-0.39, 0.29) is 11.9 Å². The van der Waals surface area contributed by atoms with Gasteiger partial charge in [0.05, 0.1) is 12.3 Å². The molecule has 100 valence electrons. The molecule has 1 aliphatic heterocycles. The summed E-state index contributed by atoms with van der Waals surface area (Å²) in [6.45, 7) is 3.03. The highest BCUT2D eigenvalue weighted by Crippen LogP contribution is 2.14. The predicted octanol–water partition coefficient (Wildman–Crippen LogP) is 2.38. The van der Waals surface area contributed by atoms with Gasteiger partial charge < -0.3 is 15.1 Å². The molecule has 0 saturated carbocycles. The summed E-state index contributed by atoms with van der Waals surface area (Å²) in [6.07, 6.45) is 6.88. The average molecular weight is 250 g/mol. The predicted molar refractivity (Wildman–Crippen MR) is 70.1 cm³/mol. The van der Waals surface area contributed by atoms with Gasteiger partial charge in [0.1, 0.15) is 5.76 Å². The quantitative estimate of drug-likeness (QED) is 0.843. The first-order valence-corrected chi connectivity index (χ1v) is 6.82. The summed E-state index contributed by atoms with van der Waals surface area (Å²) in [7, 11) is 0. The van der Waals surface area contributed by atoms with Gasteiger partial charge in [0.15, 0.2) is 0 Å². The third-order valence-electron chi connectivity index (χ3n) is 3.48. The molecule has 4 nitrogen and oxygen atoms in total. The van der Waals surface area contributed by atoms with Crippen molar-refractivity contribution in [2.24, 2.45) is 0 Å². The van der Waals surface area contributed by atoms with Crippen LogP contribution in [0, 0.1) is 0 Å². The van der Waals surface area contributed by atoms with Crippen LogP contribution in [0.1, 0.15) is 50.8 Å². The lowest BCUT2D eigenvalue weighted by Gasteiger charge is -2.23. The van der Waals surface area contributed by atoms with Crippen molar-refractivity contribution < 1.29 is 9.21 Å². The zero-order valence-electron chi connectivity index (χ0n) is 10.9. The lowest BCUT2D eigenvalue weighted by Crippen LogP contribution is -2.35. The summed E-state index contributed by atoms with van der Waals surface area (Å²) in [5.74, 6) is 0.908. The van der Waals surface area contributed by atoms with Crippen LogP contribution in [0.3, 0.4) is 0 Å². The Bertz CT molecular complexity index is 356. The topological polar surface area (TPSA) is 54.3 Å². The Labute approximate surface area is 108 Å². The van der Waals surface area contributed by atoms with Gasteiger partial charge >= 0.3 is 0 Å². The molecule has 1 fully saturated rings. The van der Waals surface area contributed by atoms with E-state index in [0.717, 1.165) is 18.7 Å². The minimum absolute atomic E-state index is 0.0492. The molecule has 0 spiro atoms. The smallest absolute Gasteiger partial charge is 0.220 e. The first-order chi connectivity index (χ1) is 8.75. The molecule has 1 amide bonds. The molecule has 2 rings (SSSR count). The molecular weight excluding hydrogens is 228 g/mol. The second kappa shape index (κ2) is 6.59. The van der Waals surface area contributed by atoms with E-state index >= 15 is 0 Å². The third kappa shape index (κ3) is 3.88. The lowest BCUT2D eigenvalue weighted by atomic mass is 10.0. The van der Waals surface area contributed by atoms with Gasteiger partial charge in [0.2, 0.25) is 5.91 Å². The van der Waals surface area contributed by atoms with E-state index in [1.165, 1.54) is 19.3 Å². The summed E-state index contributed by atoms with van der Waals surface area (Å²) in [5.41, 5.74) is 0. The highest BCUT2D eigenvalue weighted by atomic mass is 16.3. The van der Waals surface area contributed by atoms with E-state index in [0.29, 0.717) is 12.5 Å². The monoisotopic (exact) mass is 250 g/mol. The van der Waals surface area contributed by atoms with Crippen molar-refractivity contribution in [3.05, 3.63) is 24.2 Å². The van der Waals surface area contributed by atoms with Gasteiger partial charge in [-0.25, -0.2) is 0 Å². The number of hydrogen-bond donors (Lipinski definition) is 2. The molecule has 1 aliphatic rings. The Morgan fingerprint density at radius 3 is 3.17 bits per heavy atom. The molecule has 4 heteroatoms. The van der Waals surface area contributed by atoms with E-state index in [4.69, 9.17) is 4.42 Å². The van der Waals surface area contributed by atoms with Crippen molar-refractivity contribution in [1.82, 2.24) is 10.6 Å². The maximum absolute atomic E-state index is 11.8. The van der Waals surface area contributed by atoms with Crippen LogP contribution in [0.4, 0.5) is 0 Å². The van der Waals surface area contributed by atoms with Gasteiger partial charge in [-0.3, -0.25) is 4.79 Å². The van der Waals surface area contributed by atoms with E-state index < -0.39 is 0 Å². The molecule has 0 bridgehead atoms. The Morgan fingerprint density at radius 1 is 1.61 bits per heavy atom. The van der Waals surface area contributed by atoms with Crippen LogP contribution in [-0.4, -0.2) is 18.5 Å².